The van der Waals surface area contributed by atoms with Gasteiger partial charge in [0.15, 0.2) is 12.1 Å². The Morgan fingerprint density at radius 3 is 2.22 bits per heavy atom. The molecule has 2 aromatic rings. The number of ether oxygens (including phenoxy) is 2. The van der Waals surface area contributed by atoms with Crippen LogP contribution in [0.15, 0.2) is 54.6 Å². The molecular weight excluding hydrogens is 290 g/mol. The number of rotatable bonds is 8. The molecule has 0 unspecified atom stereocenters. The Hall–Kier alpha value is -2.17. The Labute approximate surface area is 137 Å². The van der Waals surface area contributed by atoms with Crippen LogP contribution in [0.2, 0.25) is 0 Å². The molecule has 2 rings (SSSR count). The number of hydrogen-bond donors (Lipinski definition) is 1. The van der Waals surface area contributed by atoms with Crippen molar-refractivity contribution in [2.75, 3.05) is 19.5 Å². The molecule has 0 radical (unpaired) electrons. The van der Waals surface area contributed by atoms with Gasteiger partial charge in [0.2, 0.25) is 0 Å². The lowest BCUT2D eigenvalue weighted by atomic mass is 10.0. The van der Waals surface area contributed by atoms with Crippen molar-refractivity contribution in [3.63, 3.8) is 0 Å². The summed E-state index contributed by atoms with van der Waals surface area (Å²) >= 11 is 0. The van der Waals surface area contributed by atoms with E-state index >= 15 is 0 Å². The van der Waals surface area contributed by atoms with E-state index < -0.39 is 6.29 Å². The van der Waals surface area contributed by atoms with Crippen LogP contribution in [0.4, 0.5) is 5.69 Å². The third-order valence-electron chi connectivity index (χ3n) is 3.74. The van der Waals surface area contributed by atoms with Gasteiger partial charge < -0.3 is 14.8 Å². The summed E-state index contributed by atoms with van der Waals surface area (Å²) in [4.78, 5) is 11.8. The number of hydrogen-bond acceptors (Lipinski definition) is 4. The minimum Gasteiger partial charge on any atom is -0.376 e. The summed E-state index contributed by atoms with van der Waals surface area (Å²) in [5, 5.41) is 3.41. The first-order valence-corrected chi connectivity index (χ1v) is 7.61. The SMILES string of the molecule is COC(OC)[C@@H](Cc1ccccc1)Nc1ccccc1C(C)=O. The molecule has 1 atom stereocenters. The second-order valence-electron chi connectivity index (χ2n) is 5.38. The zero-order valence-corrected chi connectivity index (χ0v) is 13.8. The molecule has 23 heavy (non-hydrogen) atoms. The van der Waals surface area contributed by atoms with Crippen LogP contribution in [0, 0.1) is 0 Å². The van der Waals surface area contributed by atoms with Crippen molar-refractivity contribution in [3.05, 3.63) is 65.7 Å². The van der Waals surface area contributed by atoms with Gasteiger partial charge in [-0.2, -0.15) is 0 Å². The van der Waals surface area contributed by atoms with Crippen LogP contribution >= 0.6 is 0 Å². The van der Waals surface area contributed by atoms with Crippen molar-refractivity contribution < 1.29 is 14.3 Å². The van der Waals surface area contributed by atoms with Gasteiger partial charge in [-0.15, -0.1) is 0 Å². The third-order valence-corrected chi connectivity index (χ3v) is 3.74. The highest BCUT2D eigenvalue weighted by Crippen LogP contribution is 2.20. The van der Waals surface area contributed by atoms with Crippen molar-refractivity contribution in [3.8, 4) is 0 Å². The van der Waals surface area contributed by atoms with Crippen LogP contribution in [-0.4, -0.2) is 32.3 Å². The highest BCUT2D eigenvalue weighted by molar-refractivity contribution is 5.99. The molecule has 0 aliphatic carbocycles. The van der Waals surface area contributed by atoms with E-state index in [2.05, 4.69) is 17.4 Å². The minimum absolute atomic E-state index is 0.0259. The fourth-order valence-corrected chi connectivity index (χ4v) is 2.62. The number of ketones is 1. The first kappa shape index (κ1) is 17.2. The van der Waals surface area contributed by atoms with Crippen LogP contribution in [0.5, 0.6) is 0 Å². The highest BCUT2D eigenvalue weighted by atomic mass is 16.7. The number of benzene rings is 2. The number of carbonyl (C=O) groups is 1. The molecule has 0 fully saturated rings. The highest BCUT2D eigenvalue weighted by Gasteiger charge is 2.22. The van der Waals surface area contributed by atoms with E-state index in [0.717, 1.165) is 12.1 Å². The van der Waals surface area contributed by atoms with Crippen molar-refractivity contribution in [1.29, 1.82) is 0 Å². The van der Waals surface area contributed by atoms with Crippen molar-refractivity contribution in [2.45, 2.75) is 25.7 Å². The first-order chi connectivity index (χ1) is 11.2. The van der Waals surface area contributed by atoms with Crippen molar-refractivity contribution in [1.82, 2.24) is 0 Å². The van der Waals surface area contributed by atoms with E-state index in [-0.39, 0.29) is 11.8 Å². The molecule has 0 saturated carbocycles. The number of anilines is 1. The quantitative estimate of drug-likeness (QED) is 0.598. The van der Waals surface area contributed by atoms with Gasteiger partial charge in [0, 0.05) is 25.5 Å². The normalized spacial score (nSPS) is 12.2. The topological polar surface area (TPSA) is 47.6 Å². The van der Waals surface area contributed by atoms with Gasteiger partial charge in [0.25, 0.3) is 0 Å². The molecular formula is C19H23NO3. The van der Waals surface area contributed by atoms with E-state index in [1.165, 1.54) is 5.56 Å². The molecule has 0 spiro atoms. The second kappa shape index (κ2) is 8.46. The third kappa shape index (κ3) is 4.65. The summed E-state index contributed by atoms with van der Waals surface area (Å²) in [5.74, 6) is 0.0259. The summed E-state index contributed by atoms with van der Waals surface area (Å²) < 4.78 is 10.9. The van der Waals surface area contributed by atoms with Gasteiger partial charge in [-0.3, -0.25) is 4.79 Å². The average molecular weight is 313 g/mol. The Kier molecular flexibility index (Phi) is 6.32. The van der Waals surface area contributed by atoms with Crippen molar-refractivity contribution in [2.24, 2.45) is 0 Å². The van der Waals surface area contributed by atoms with Crippen LogP contribution in [0.3, 0.4) is 0 Å². The molecule has 0 saturated heterocycles. The monoisotopic (exact) mass is 313 g/mol. The molecule has 0 bridgehead atoms. The van der Waals surface area contributed by atoms with Crippen LogP contribution in [0.1, 0.15) is 22.8 Å². The maximum absolute atomic E-state index is 11.8. The molecule has 4 nitrogen and oxygen atoms in total. The van der Waals surface area contributed by atoms with Gasteiger partial charge in [-0.05, 0) is 31.0 Å². The Bertz CT molecular complexity index is 624. The van der Waals surface area contributed by atoms with Gasteiger partial charge in [-0.25, -0.2) is 0 Å². The van der Waals surface area contributed by atoms with Crippen LogP contribution < -0.4 is 5.32 Å². The number of para-hydroxylation sites is 1. The largest absolute Gasteiger partial charge is 0.376 e. The standard InChI is InChI=1S/C19H23NO3/c1-14(21)16-11-7-8-12-17(16)20-18(19(22-2)23-3)13-15-9-5-4-6-10-15/h4-12,18-20H,13H2,1-3H3/t18-/m1/s1. The predicted molar refractivity (Wildman–Crippen MR) is 91.8 cm³/mol. The zero-order valence-electron chi connectivity index (χ0n) is 13.8. The lowest BCUT2D eigenvalue weighted by Crippen LogP contribution is -2.38. The first-order valence-electron chi connectivity index (χ1n) is 7.61. The van der Waals surface area contributed by atoms with Gasteiger partial charge >= 0.3 is 0 Å². The Morgan fingerprint density at radius 1 is 1.00 bits per heavy atom. The summed E-state index contributed by atoms with van der Waals surface area (Å²) in [6, 6.07) is 17.5. The molecule has 0 aliphatic heterocycles. The summed E-state index contributed by atoms with van der Waals surface area (Å²) in [7, 11) is 3.23. The van der Waals surface area contributed by atoms with E-state index in [9.17, 15) is 4.79 Å². The molecule has 0 aromatic heterocycles. The maximum Gasteiger partial charge on any atom is 0.177 e. The van der Waals surface area contributed by atoms with E-state index in [4.69, 9.17) is 9.47 Å². The number of methoxy groups -OCH3 is 2. The minimum atomic E-state index is -0.421. The summed E-state index contributed by atoms with van der Waals surface area (Å²) in [6.45, 7) is 1.57. The van der Waals surface area contributed by atoms with Crippen molar-refractivity contribution >= 4 is 11.5 Å². The molecule has 4 heteroatoms. The second-order valence-corrected chi connectivity index (χ2v) is 5.38. The Morgan fingerprint density at radius 2 is 1.61 bits per heavy atom. The van der Waals surface area contributed by atoms with E-state index in [1.54, 1.807) is 21.1 Å². The molecule has 1 N–H and O–H groups in total. The number of carbonyl (C=O) groups excluding carboxylic acids is 1. The lowest BCUT2D eigenvalue weighted by Gasteiger charge is -2.27. The predicted octanol–water partition coefficient (Wildman–Crippen LogP) is 3.53. The van der Waals surface area contributed by atoms with Crippen LogP contribution in [-0.2, 0) is 15.9 Å². The number of Topliss-reactive ketones (excluding diaryl/α,β-unsaturated/α-hetero) is 1. The molecule has 122 valence electrons. The average Bonchev–Trinajstić information content (AvgIpc) is 2.57. The number of nitrogens with one attached hydrogen (secondary N) is 1. The fourth-order valence-electron chi connectivity index (χ4n) is 2.62. The molecule has 2 aromatic carbocycles. The van der Waals surface area contributed by atoms with Crippen LogP contribution in [0.25, 0.3) is 0 Å². The fraction of sp³-hybridized carbons (Fsp3) is 0.316. The molecule has 0 heterocycles. The summed E-state index contributed by atoms with van der Waals surface area (Å²) in [6.07, 6.45) is 0.301. The Balaban J connectivity index is 2.26. The zero-order chi connectivity index (χ0) is 16.7. The van der Waals surface area contributed by atoms with E-state index in [0.29, 0.717) is 5.56 Å². The van der Waals surface area contributed by atoms with E-state index in [1.807, 2.05) is 42.5 Å². The smallest absolute Gasteiger partial charge is 0.177 e. The van der Waals surface area contributed by atoms with Gasteiger partial charge in [0.1, 0.15) is 0 Å². The summed E-state index contributed by atoms with van der Waals surface area (Å²) in [5.41, 5.74) is 2.63. The lowest BCUT2D eigenvalue weighted by molar-refractivity contribution is -0.112. The molecule has 0 amide bonds. The molecule has 0 aliphatic rings. The maximum atomic E-state index is 11.8. The van der Waals surface area contributed by atoms with Gasteiger partial charge in [-0.1, -0.05) is 42.5 Å². The van der Waals surface area contributed by atoms with Gasteiger partial charge in [0.05, 0.1) is 6.04 Å².